The van der Waals surface area contributed by atoms with E-state index in [2.05, 4.69) is 10.0 Å². The number of anilines is 1. The average molecular weight is 332 g/mol. The third kappa shape index (κ3) is 4.82. The molecule has 2 N–H and O–H groups in total. The molecule has 0 heterocycles. The van der Waals surface area contributed by atoms with Crippen molar-refractivity contribution in [2.75, 3.05) is 11.0 Å². The van der Waals surface area contributed by atoms with Crippen LogP contribution in [0.1, 0.15) is 27.0 Å². The maximum absolute atomic E-state index is 12.3. The Morgan fingerprint density at radius 3 is 2.39 bits per heavy atom. The summed E-state index contributed by atoms with van der Waals surface area (Å²) in [7, 11) is -3.38. The van der Waals surface area contributed by atoms with Gasteiger partial charge in [0.1, 0.15) is 0 Å². The molecule has 0 fully saturated rings. The molecule has 0 radical (unpaired) electrons. The molecule has 2 rings (SSSR count). The Balaban J connectivity index is 2.13. The fourth-order valence-corrected chi connectivity index (χ4v) is 2.78. The van der Waals surface area contributed by atoms with Crippen molar-refractivity contribution in [1.82, 2.24) is 5.32 Å². The van der Waals surface area contributed by atoms with Crippen LogP contribution in [0.25, 0.3) is 0 Å². The highest BCUT2D eigenvalue weighted by Gasteiger charge is 2.11. The van der Waals surface area contributed by atoms with Gasteiger partial charge in [0.25, 0.3) is 5.91 Å². The highest BCUT2D eigenvalue weighted by molar-refractivity contribution is 7.92. The molecule has 0 saturated heterocycles. The molecule has 1 amide bonds. The summed E-state index contributed by atoms with van der Waals surface area (Å²) in [5.74, 6) is -0.246. The first kappa shape index (κ1) is 17.0. The first-order valence-corrected chi connectivity index (χ1v) is 9.06. The maximum Gasteiger partial charge on any atom is 0.251 e. The van der Waals surface area contributed by atoms with Gasteiger partial charge < -0.3 is 5.32 Å². The minimum atomic E-state index is -3.38. The molecular weight excluding hydrogens is 312 g/mol. The summed E-state index contributed by atoms with van der Waals surface area (Å²) < 4.78 is 25.2. The Morgan fingerprint density at radius 2 is 1.74 bits per heavy atom. The van der Waals surface area contributed by atoms with Gasteiger partial charge >= 0.3 is 0 Å². The van der Waals surface area contributed by atoms with Crippen LogP contribution in [0.4, 0.5) is 5.69 Å². The van der Waals surface area contributed by atoms with Crippen LogP contribution in [0.15, 0.2) is 42.5 Å². The van der Waals surface area contributed by atoms with Crippen LogP contribution >= 0.6 is 0 Å². The second-order valence-electron chi connectivity index (χ2n) is 5.51. The summed E-state index contributed by atoms with van der Waals surface area (Å²) in [4.78, 5) is 12.3. The molecule has 0 spiro atoms. The fraction of sp³-hybridized carbons (Fsp3) is 0.235. The molecule has 0 aliphatic heterocycles. The van der Waals surface area contributed by atoms with E-state index in [0.29, 0.717) is 17.8 Å². The number of carbonyl (C=O) groups is 1. The Bertz CT molecular complexity index is 829. The van der Waals surface area contributed by atoms with Crippen molar-refractivity contribution in [1.29, 1.82) is 0 Å². The summed E-state index contributed by atoms with van der Waals surface area (Å²) >= 11 is 0. The van der Waals surface area contributed by atoms with Gasteiger partial charge in [-0.15, -0.1) is 0 Å². The second kappa shape index (κ2) is 6.83. The van der Waals surface area contributed by atoms with Gasteiger partial charge in [-0.25, -0.2) is 8.42 Å². The van der Waals surface area contributed by atoms with Gasteiger partial charge in [-0.3, -0.25) is 9.52 Å². The zero-order valence-corrected chi connectivity index (χ0v) is 14.2. The normalized spacial score (nSPS) is 11.1. The van der Waals surface area contributed by atoms with Crippen LogP contribution in [0.3, 0.4) is 0 Å². The monoisotopic (exact) mass is 332 g/mol. The van der Waals surface area contributed by atoms with E-state index in [1.807, 2.05) is 31.2 Å². The standard InChI is InChI=1S/C17H20N2O3S/c1-12-6-4-5-7-15(12)11-18-17(20)14-9-8-13(2)16(10-14)19-23(3,21)22/h4-10,19H,11H2,1-3H3,(H,18,20). The first-order chi connectivity index (χ1) is 10.8. The predicted molar refractivity (Wildman–Crippen MR) is 92.0 cm³/mol. The molecule has 6 heteroatoms. The highest BCUT2D eigenvalue weighted by atomic mass is 32.2. The smallest absolute Gasteiger partial charge is 0.251 e. The first-order valence-electron chi connectivity index (χ1n) is 7.17. The summed E-state index contributed by atoms with van der Waals surface area (Å²) in [6, 6.07) is 12.8. The SMILES string of the molecule is Cc1ccccc1CNC(=O)c1ccc(C)c(NS(C)(=O)=O)c1. The van der Waals surface area contributed by atoms with Crippen molar-refractivity contribution in [3.63, 3.8) is 0 Å². The number of sulfonamides is 1. The fourth-order valence-electron chi connectivity index (χ4n) is 2.16. The third-order valence-corrected chi connectivity index (χ3v) is 4.09. The zero-order chi connectivity index (χ0) is 17.0. The number of rotatable bonds is 5. The third-order valence-electron chi connectivity index (χ3n) is 3.50. The topological polar surface area (TPSA) is 75.3 Å². The number of carbonyl (C=O) groups excluding carboxylic acids is 1. The molecule has 0 aliphatic rings. The summed E-state index contributed by atoms with van der Waals surface area (Å²) in [5.41, 5.74) is 3.73. The number of nitrogens with one attached hydrogen (secondary N) is 2. The van der Waals surface area contributed by atoms with Crippen LogP contribution in [-0.4, -0.2) is 20.6 Å². The molecular formula is C17H20N2O3S. The van der Waals surface area contributed by atoms with Gasteiger partial charge in [0.05, 0.1) is 11.9 Å². The number of benzene rings is 2. The van der Waals surface area contributed by atoms with E-state index < -0.39 is 10.0 Å². The maximum atomic E-state index is 12.3. The van der Waals surface area contributed by atoms with E-state index in [-0.39, 0.29) is 5.91 Å². The van der Waals surface area contributed by atoms with Crippen molar-refractivity contribution in [3.05, 3.63) is 64.7 Å². The number of aryl methyl sites for hydroxylation is 2. The molecule has 2 aromatic carbocycles. The van der Waals surface area contributed by atoms with Gasteiger partial charge in [-0.1, -0.05) is 30.3 Å². The van der Waals surface area contributed by atoms with Crippen LogP contribution < -0.4 is 10.0 Å². The zero-order valence-electron chi connectivity index (χ0n) is 13.4. The number of hydrogen-bond donors (Lipinski definition) is 2. The molecule has 23 heavy (non-hydrogen) atoms. The Labute approximate surface area is 136 Å². The van der Waals surface area contributed by atoms with Gasteiger partial charge in [0.15, 0.2) is 0 Å². The van der Waals surface area contributed by atoms with Crippen LogP contribution in [0.2, 0.25) is 0 Å². The van der Waals surface area contributed by atoms with Crippen molar-refractivity contribution in [2.24, 2.45) is 0 Å². The molecule has 0 atom stereocenters. The summed E-state index contributed by atoms with van der Waals surface area (Å²) in [6.45, 7) is 4.19. The minimum absolute atomic E-state index is 0.246. The molecule has 2 aromatic rings. The molecule has 0 unspecified atom stereocenters. The predicted octanol–water partition coefficient (Wildman–Crippen LogP) is 2.60. The highest BCUT2D eigenvalue weighted by Crippen LogP contribution is 2.18. The van der Waals surface area contributed by atoms with Crippen molar-refractivity contribution < 1.29 is 13.2 Å². The summed E-state index contributed by atoms with van der Waals surface area (Å²) in [6.07, 6.45) is 1.08. The van der Waals surface area contributed by atoms with E-state index in [4.69, 9.17) is 0 Å². The Hall–Kier alpha value is -2.34. The van der Waals surface area contributed by atoms with Crippen molar-refractivity contribution >= 4 is 21.6 Å². The molecule has 0 aromatic heterocycles. The Kier molecular flexibility index (Phi) is 5.05. The lowest BCUT2D eigenvalue weighted by Gasteiger charge is -2.11. The van der Waals surface area contributed by atoms with E-state index in [1.165, 1.54) is 0 Å². The van der Waals surface area contributed by atoms with E-state index in [9.17, 15) is 13.2 Å². The van der Waals surface area contributed by atoms with Crippen LogP contribution in [0.5, 0.6) is 0 Å². The average Bonchev–Trinajstić information content (AvgIpc) is 2.47. The second-order valence-corrected chi connectivity index (χ2v) is 7.26. The summed E-state index contributed by atoms with van der Waals surface area (Å²) in [5, 5.41) is 2.85. The lowest BCUT2D eigenvalue weighted by molar-refractivity contribution is 0.0951. The molecule has 0 bridgehead atoms. The van der Waals surface area contributed by atoms with Gasteiger partial charge in [0.2, 0.25) is 10.0 Å². The van der Waals surface area contributed by atoms with Crippen molar-refractivity contribution in [2.45, 2.75) is 20.4 Å². The Morgan fingerprint density at radius 1 is 1.04 bits per heavy atom. The molecule has 5 nitrogen and oxygen atoms in total. The molecule has 122 valence electrons. The van der Waals surface area contributed by atoms with Crippen molar-refractivity contribution in [3.8, 4) is 0 Å². The largest absolute Gasteiger partial charge is 0.348 e. The minimum Gasteiger partial charge on any atom is -0.348 e. The van der Waals surface area contributed by atoms with E-state index in [1.54, 1.807) is 25.1 Å². The van der Waals surface area contributed by atoms with Gasteiger partial charge in [0, 0.05) is 12.1 Å². The lowest BCUT2D eigenvalue weighted by atomic mass is 10.1. The quantitative estimate of drug-likeness (QED) is 0.884. The van der Waals surface area contributed by atoms with Gasteiger partial charge in [-0.2, -0.15) is 0 Å². The lowest BCUT2D eigenvalue weighted by Crippen LogP contribution is -2.23. The van der Waals surface area contributed by atoms with Crippen LogP contribution in [-0.2, 0) is 16.6 Å². The van der Waals surface area contributed by atoms with Gasteiger partial charge in [-0.05, 0) is 42.7 Å². The molecule has 0 saturated carbocycles. The number of hydrogen-bond acceptors (Lipinski definition) is 3. The molecule has 0 aliphatic carbocycles. The van der Waals surface area contributed by atoms with Crippen LogP contribution in [0, 0.1) is 13.8 Å². The van der Waals surface area contributed by atoms with E-state index >= 15 is 0 Å². The van der Waals surface area contributed by atoms with E-state index in [0.717, 1.165) is 22.9 Å². The number of amides is 1.